The van der Waals surface area contributed by atoms with Gasteiger partial charge in [-0.1, -0.05) is 43.0 Å². The van der Waals surface area contributed by atoms with Crippen molar-refractivity contribution in [1.29, 1.82) is 5.41 Å². The summed E-state index contributed by atoms with van der Waals surface area (Å²) in [6.07, 6.45) is 4.82. The van der Waals surface area contributed by atoms with Gasteiger partial charge >= 0.3 is 7.12 Å². The molecule has 0 aliphatic carbocycles. The highest BCUT2D eigenvalue weighted by Crippen LogP contribution is 2.36. The van der Waals surface area contributed by atoms with E-state index in [1.54, 1.807) is 6.08 Å². The minimum Gasteiger partial charge on any atom is -0.399 e. The third-order valence-corrected chi connectivity index (χ3v) is 4.22. The van der Waals surface area contributed by atoms with E-state index in [4.69, 9.17) is 14.7 Å². The normalized spacial score (nSPS) is 20.4. The first-order chi connectivity index (χ1) is 9.80. The number of benzene rings is 1. The van der Waals surface area contributed by atoms with Gasteiger partial charge in [-0.05, 0) is 44.3 Å². The molecule has 3 nitrogen and oxygen atoms in total. The number of allylic oxidation sites excluding steroid dienone is 3. The van der Waals surface area contributed by atoms with Crippen LogP contribution in [0.25, 0.3) is 5.57 Å². The monoisotopic (exact) mass is 283 g/mol. The quantitative estimate of drug-likeness (QED) is 0.524. The lowest BCUT2D eigenvalue weighted by Crippen LogP contribution is -2.41. The fraction of sp³-hybridized carbons (Fsp3) is 0.353. The Bertz CT molecular complexity index is 557. The van der Waals surface area contributed by atoms with Crippen LogP contribution >= 0.6 is 0 Å². The van der Waals surface area contributed by atoms with Crippen LogP contribution in [-0.2, 0) is 9.31 Å². The van der Waals surface area contributed by atoms with E-state index in [-0.39, 0.29) is 18.3 Å². The molecular formula is C17H22BNO2. The topological polar surface area (TPSA) is 42.3 Å². The Morgan fingerprint density at radius 3 is 2.05 bits per heavy atom. The Kier molecular flexibility index (Phi) is 4.21. The molecule has 1 saturated heterocycles. The van der Waals surface area contributed by atoms with Crippen molar-refractivity contribution in [2.45, 2.75) is 38.9 Å². The molecule has 0 aromatic heterocycles. The minimum atomic E-state index is -0.351. The third kappa shape index (κ3) is 3.01. The highest BCUT2D eigenvalue weighted by atomic mass is 16.7. The van der Waals surface area contributed by atoms with Crippen molar-refractivity contribution in [3.63, 3.8) is 0 Å². The molecule has 0 spiro atoms. The van der Waals surface area contributed by atoms with Crippen molar-refractivity contribution in [3.8, 4) is 0 Å². The predicted octanol–water partition coefficient (Wildman–Crippen LogP) is 3.20. The van der Waals surface area contributed by atoms with E-state index in [2.05, 4.69) is 6.58 Å². The first-order valence-corrected chi connectivity index (χ1v) is 7.10. The molecular weight excluding hydrogens is 261 g/mol. The number of nitrogens with one attached hydrogen (secondary N) is 1. The summed E-state index contributed by atoms with van der Waals surface area (Å²) in [5.74, 6) is 0. The van der Waals surface area contributed by atoms with Gasteiger partial charge in [0, 0.05) is 6.21 Å². The molecule has 1 aliphatic heterocycles. The predicted molar refractivity (Wildman–Crippen MR) is 89.1 cm³/mol. The van der Waals surface area contributed by atoms with E-state index in [0.29, 0.717) is 0 Å². The lowest BCUT2D eigenvalue weighted by atomic mass is 9.78. The van der Waals surface area contributed by atoms with E-state index >= 15 is 0 Å². The zero-order valence-electron chi connectivity index (χ0n) is 13.1. The Balaban J connectivity index is 2.23. The molecule has 2 rings (SSSR count). The van der Waals surface area contributed by atoms with Crippen molar-refractivity contribution >= 4 is 24.4 Å². The molecule has 1 fully saturated rings. The van der Waals surface area contributed by atoms with E-state index in [0.717, 1.165) is 16.6 Å². The van der Waals surface area contributed by atoms with E-state index in [9.17, 15) is 0 Å². The molecule has 110 valence electrons. The van der Waals surface area contributed by atoms with Crippen molar-refractivity contribution in [1.82, 2.24) is 0 Å². The molecule has 4 heteroatoms. The number of rotatable bonds is 4. The molecule has 0 unspecified atom stereocenters. The molecule has 0 radical (unpaired) electrons. The number of hydrogen-bond acceptors (Lipinski definition) is 3. The van der Waals surface area contributed by atoms with E-state index in [1.165, 1.54) is 6.21 Å². The molecule has 0 amide bonds. The van der Waals surface area contributed by atoms with Crippen LogP contribution < -0.4 is 5.46 Å². The van der Waals surface area contributed by atoms with Crippen LogP contribution in [0.4, 0.5) is 0 Å². The number of hydrogen-bond donors (Lipinski definition) is 1. The van der Waals surface area contributed by atoms with Crippen molar-refractivity contribution in [2.24, 2.45) is 0 Å². The standard InChI is InChI=1S/C17H22BNO2/c1-6-7-14(12-19)13-8-10-15(11-9-13)18-20-16(2,3)17(4,5)21-18/h6-12,19H,1H2,2-5H3/b14-7+,19-12?. The first kappa shape index (κ1) is 15.7. The summed E-state index contributed by atoms with van der Waals surface area (Å²) in [4.78, 5) is 0. The van der Waals surface area contributed by atoms with Crippen molar-refractivity contribution in [3.05, 3.63) is 48.6 Å². The zero-order chi connectivity index (χ0) is 15.7. The maximum Gasteiger partial charge on any atom is 0.494 e. The summed E-state index contributed by atoms with van der Waals surface area (Å²) in [6, 6.07) is 7.91. The van der Waals surface area contributed by atoms with Gasteiger partial charge in [0.05, 0.1) is 11.2 Å². The van der Waals surface area contributed by atoms with Gasteiger partial charge < -0.3 is 14.7 Å². The highest BCUT2D eigenvalue weighted by molar-refractivity contribution is 6.62. The average molecular weight is 283 g/mol. The third-order valence-electron chi connectivity index (χ3n) is 4.22. The maximum atomic E-state index is 7.43. The van der Waals surface area contributed by atoms with Gasteiger partial charge in [0.2, 0.25) is 0 Å². The maximum absolute atomic E-state index is 7.43. The van der Waals surface area contributed by atoms with Crippen LogP contribution in [-0.4, -0.2) is 24.5 Å². The molecule has 1 heterocycles. The smallest absolute Gasteiger partial charge is 0.399 e. The van der Waals surface area contributed by atoms with Gasteiger partial charge in [0.25, 0.3) is 0 Å². The molecule has 0 atom stereocenters. The molecule has 1 N–H and O–H groups in total. The van der Waals surface area contributed by atoms with Gasteiger partial charge in [0.15, 0.2) is 0 Å². The summed E-state index contributed by atoms with van der Waals surface area (Å²) in [7, 11) is -0.351. The van der Waals surface area contributed by atoms with Gasteiger partial charge in [0.1, 0.15) is 0 Å². The Morgan fingerprint density at radius 1 is 1.10 bits per heavy atom. The molecule has 1 aromatic rings. The molecule has 21 heavy (non-hydrogen) atoms. The SMILES string of the molecule is C=C/C=C(\C=N)c1ccc(B2OC(C)(C)C(C)(C)O2)cc1. The Labute approximate surface area is 127 Å². The lowest BCUT2D eigenvalue weighted by molar-refractivity contribution is 0.00578. The zero-order valence-corrected chi connectivity index (χ0v) is 13.1. The summed E-state index contributed by atoms with van der Waals surface area (Å²) < 4.78 is 12.1. The summed E-state index contributed by atoms with van der Waals surface area (Å²) in [6.45, 7) is 11.8. The van der Waals surface area contributed by atoms with Gasteiger partial charge in [-0.15, -0.1) is 0 Å². The Morgan fingerprint density at radius 2 is 1.62 bits per heavy atom. The second-order valence-electron chi connectivity index (χ2n) is 6.21. The summed E-state index contributed by atoms with van der Waals surface area (Å²) in [5.41, 5.74) is 2.12. The molecule has 1 aromatic carbocycles. The summed E-state index contributed by atoms with van der Waals surface area (Å²) >= 11 is 0. The average Bonchev–Trinajstić information content (AvgIpc) is 2.65. The molecule has 0 saturated carbocycles. The van der Waals surface area contributed by atoms with E-state index in [1.807, 2.05) is 58.0 Å². The minimum absolute atomic E-state index is 0.334. The van der Waals surface area contributed by atoms with Crippen LogP contribution in [0.5, 0.6) is 0 Å². The van der Waals surface area contributed by atoms with Gasteiger partial charge in [-0.3, -0.25) is 0 Å². The fourth-order valence-electron chi connectivity index (χ4n) is 2.17. The van der Waals surface area contributed by atoms with Crippen LogP contribution in [0.3, 0.4) is 0 Å². The largest absolute Gasteiger partial charge is 0.494 e. The fourth-order valence-corrected chi connectivity index (χ4v) is 2.17. The van der Waals surface area contributed by atoms with Crippen LogP contribution in [0.2, 0.25) is 0 Å². The van der Waals surface area contributed by atoms with Crippen LogP contribution in [0.1, 0.15) is 33.3 Å². The van der Waals surface area contributed by atoms with Gasteiger partial charge in [-0.2, -0.15) is 0 Å². The molecule has 1 aliphatic rings. The van der Waals surface area contributed by atoms with Crippen LogP contribution in [0.15, 0.2) is 43.0 Å². The van der Waals surface area contributed by atoms with Gasteiger partial charge in [-0.25, -0.2) is 0 Å². The second kappa shape index (κ2) is 5.62. The first-order valence-electron chi connectivity index (χ1n) is 7.10. The highest BCUT2D eigenvalue weighted by Gasteiger charge is 2.51. The van der Waals surface area contributed by atoms with Crippen LogP contribution in [0, 0.1) is 5.41 Å². The van der Waals surface area contributed by atoms with Crippen molar-refractivity contribution in [2.75, 3.05) is 0 Å². The summed E-state index contributed by atoms with van der Waals surface area (Å²) in [5, 5.41) is 7.43. The van der Waals surface area contributed by atoms with E-state index < -0.39 is 0 Å². The second-order valence-corrected chi connectivity index (χ2v) is 6.21. The molecule has 0 bridgehead atoms. The Hall–Kier alpha value is -1.65. The lowest BCUT2D eigenvalue weighted by Gasteiger charge is -2.32. The van der Waals surface area contributed by atoms with Crippen molar-refractivity contribution < 1.29 is 9.31 Å².